The zero-order chi connectivity index (χ0) is 14.7. The van der Waals surface area contributed by atoms with E-state index in [-0.39, 0.29) is 11.7 Å². The summed E-state index contributed by atoms with van der Waals surface area (Å²) in [5, 5.41) is 0. The lowest BCUT2D eigenvalue weighted by atomic mass is 10.1. The van der Waals surface area contributed by atoms with E-state index in [4.69, 9.17) is 0 Å². The molecule has 0 saturated heterocycles. The van der Waals surface area contributed by atoms with Crippen molar-refractivity contribution in [2.45, 2.75) is 11.8 Å². The molecule has 0 bridgehead atoms. The van der Waals surface area contributed by atoms with Crippen LogP contribution >= 0.6 is 28.6 Å². The lowest BCUT2D eigenvalue weighted by molar-refractivity contribution is 0.0985. The molecule has 2 nitrogen and oxygen atoms in total. The molecule has 5 heteroatoms. The fourth-order valence-electron chi connectivity index (χ4n) is 1.90. The molecule has 0 aliphatic rings. The number of thiol groups is 1. The predicted molar refractivity (Wildman–Crippen MR) is 85.1 cm³/mol. The molecule has 104 valence electrons. The molecule has 0 fully saturated rings. The van der Waals surface area contributed by atoms with Crippen molar-refractivity contribution in [2.24, 2.45) is 0 Å². The van der Waals surface area contributed by atoms with E-state index in [1.165, 1.54) is 12.1 Å². The van der Waals surface area contributed by atoms with Gasteiger partial charge in [0.05, 0.1) is 5.56 Å². The van der Waals surface area contributed by atoms with Crippen molar-refractivity contribution < 1.29 is 9.18 Å². The zero-order valence-electron chi connectivity index (χ0n) is 10.8. The standard InChI is InChI=1S/C15H13BrFNOS/c1-2-18(12-6-4-11(17)5-7-12)15(19)13-8-3-10(16)9-14(13)20/h3-9,20H,2H2,1H3. The van der Waals surface area contributed by atoms with E-state index in [2.05, 4.69) is 28.6 Å². The van der Waals surface area contributed by atoms with Gasteiger partial charge in [-0.05, 0) is 49.4 Å². The van der Waals surface area contributed by atoms with Crippen molar-refractivity contribution in [3.63, 3.8) is 0 Å². The van der Waals surface area contributed by atoms with Crippen LogP contribution in [0.4, 0.5) is 10.1 Å². The molecule has 0 heterocycles. The Morgan fingerprint density at radius 1 is 1.25 bits per heavy atom. The van der Waals surface area contributed by atoms with Crippen molar-refractivity contribution in [3.05, 3.63) is 58.3 Å². The Bertz CT molecular complexity index is 630. The second-order valence-corrected chi connectivity index (χ2v) is 5.58. The third kappa shape index (κ3) is 3.22. The Morgan fingerprint density at radius 3 is 2.45 bits per heavy atom. The summed E-state index contributed by atoms with van der Waals surface area (Å²) in [5.41, 5.74) is 1.18. The number of hydrogen-bond acceptors (Lipinski definition) is 2. The first-order valence-corrected chi connectivity index (χ1v) is 7.33. The summed E-state index contributed by atoms with van der Waals surface area (Å²) in [4.78, 5) is 14.7. The highest BCUT2D eigenvalue weighted by molar-refractivity contribution is 9.10. The summed E-state index contributed by atoms with van der Waals surface area (Å²) in [6, 6.07) is 11.2. The third-order valence-electron chi connectivity index (χ3n) is 2.89. The highest BCUT2D eigenvalue weighted by Gasteiger charge is 2.18. The maximum Gasteiger partial charge on any atom is 0.259 e. The summed E-state index contributed by atoms with van der Waals surface area (Å²) < 4.78 is 13.8. The molecule has 0 aliphatic heterocycles. The number of carbonyl (C=O) groups excluding carboxylic acids is 1. The van der Waals surface area contributed by atoms with Crippen molar-refractivity contribution >= 4 is 40.2 Å². The van der Waals surface area contributed by atoms with E-state index < -0.39 is 0 Å². The highest BCUT2D eigenvalue weighted by Crippen LogP contribution is 2.24. The van der Waals surface area contributed by atoms with Crippen LogP contribution < -0.4 is 4.90 Å². The molecule has 0 aromatic heterocycles. The van der Waals surface area contributed by atoms with Crippen molar-refractivity contribution in [3.8, 4) is 0 Å². The van der Waals surface area contributed by atoms with Gasteiger partial charge in [-0.1, -0.05) is 15.9 Å². The first-order chi connectivity index (χ1) is 9.52. The van der Waals surface area contributed by atoms with Crippen LogP contribution in [0.25, 0.3) is 0 Å². The van der Waals surface area contributed by atoms with Crippen LogP contribution in [0.3, 0.4) is 0 Å². The minimum absolute atomic E-state index is 0.156. The molecular weight excluding hydrogens is 341 g/mol. The number of hydrogen-bond donors (Lipinski definition) is 1. The summed E-state index contributed by atoms with van der Waals surface area (Å²) in [5.74, 6) is -0.479. The monoisotopic (exact) mass is 353 g/mol. The highest BCUT2D eigenvalue weighted by atomic mass is 79.9. The SMILES string of the molecule is CCN(C(=O)c1ccc(Br)cc1S)c1ccc(F)cc1. The van der Waals surface area contributed by atoms with Crippen LogP contribution in [-0.2, 0) is 0 Å². The van der Waals surface area contributed by atoms with Gasteiger partial charge >= 0.3 is 0 Å². The van der Waals surface area contributed by atoms with Gasteiger partial charge in [-0.25, -0.2) is 4.39 Å². The number of amides is 1. The van der Waals surface area contributed by atoms with Crippen LogP contribution in [0.2, 0.25) is 0 Å². The molecule has 0 unspecified atom stereocenters. The minimum Gasteiger partial charge on any atom is -0.309 e. The first kappa shape index (κ1) is 15.1. The second-order valence-electron chi connectivity index (χ2n) is 4.19. The van der Waals surface area contributed by atoms with E-state index in [0.717, 1.165) is 4.47 Å². The number of rotatable bonds is 3. The first-order valence-electron chi connectivity index (χ1n) is 6.09. The Hall–Kier alpha value is -1.33. The topological polar surface area (TPSA) is 20.3 Å². The summed E-state index contributed by atoms with van der Waals surface area (Å²) in [7, 11) is 0. The van der Waals surface area contributed by atoms with Crippen molar-refractivity contribution in [1.29, 1.82) is 0 Å². The van der Waals surface area contributed by atoms with Crippen LogP contribution in [0.1, 0.15) is 17.3 Å². The van der Waals surface area contributed by atoms with E-state index in [9.17, 15) is 9.18 Å². The van der Waals surface area contributed by atoms with Gasteiger partial charge in [-0.3, -0.25) is 4.79 Å². The van der Waals surface area contributed by atoms with E-state index in [1.807, 2.05) is 6.92 Å². The number of nitrogens with zero attached hydrogens (tertiary/aromatic N) is 1. The molecule has 0 N–H and O–H groups in total. The molecule has 0 saturated carbocycles. The van der Waals surface area contributed by atoms with Gasteiger partial charge in [0.25, 0.3) is 5.91 Å². The van der Waals surface area contributed by atoms with E-state index in [0.29, 0.717) is 22.7 Å². The van der Waals surface area contributed by atoms with Gasteiger partial charge in [-0.2, -0.15) is 0 Å². The number of benzene rings is 2. The fraction of sp³-hybridized carbons (Fsp3) is 0.133. The van der Waals surface area contributed by atoms with Gasteiger partial charge < -0.3 is 4.90 Å². The molecule has 20 heavy (non-hydrogen) atoms. The van der Waals surface area contributed by atoms with Gasteiger partial charge in [-0.15, -0.1) is 12.6 Å². The fourth-order valence-corrected chi connectivity index (χ4v) is 2.74. The molecule has 0 atom stereocenters. The third-order valence-corrected chi connectivity index (χ3v) is 3.75. The van der Waals surface area contributed by atoms with Crippen LogP contribution in [-0.4, -0.2) is 12.5 Å². The number of anilines is 1. The average Bonchev–Trinajstić information content (AvgIpc) is 2.41. The Balaban J connectivity index is 2.36. The number of halogens is 2. The quantitative estimate of drug-likeness (QED) is 0.803. The van der Waals surface area contributed by atoms with Crippen LogP contribution in [0.5, 0.6) is 0 Å². The Kier molecular flexibility index (Phi) is 4.83. The number of carbonyl (C=O) groups is 1. The smallest absolute Gasteiger partial charge is 0.259 e. The normalized spacial score (nSPS) is 10.4. The molecule has 0 radical (unpaired) electrons. The van der Waals surface area contributed by atoms with Gasteiger partial charge in [0.2, 0.25) is 0 Å². The van der Waals surface area contributed by atoms with Crippen molar-refractivity contribution in [1.82, 2.24) is 0 Å². The maximum absolute atomic E-state index is 13.0. The maximum atomic E-state index is 13.0. The molecule has 0 spiro atoms. The van der Waals surface area contributed by atoms with Gasteiger partial charge in [0.1, 0.15) is 5.82 Å². The molecule has 0 aliphatic carbocycles. The largest absolute Gasteiger partial charge is 0.309 e. The summed E-state index contributed by atoms with van der Waals surface area (Å²) >= 11 is 7.67. The minimum atomic E-state index is -0.323. The van der Waals surface area contributed by atoms with Crippen molar-refractivity contribution in [2.75, 3.05) is 11.4 Å². The summed E-state index contributed by atoms with van der Waals surface area (Å²) in [6.07, 6.45) is 0. The lowest BCUT2D eigenvalue weighted by Crippen LogP contribution is -2.30. The summed E-state index contributed by atoms with van der Waals surface area (Å²) in [6.45, 7) is 2.37. The van der Waals surface area contributed by atoms with E-state index >= 15 is 0 Å². The lowest BCUT2D eigenvalue weighted by Gasteiger charge is -2.22. The molecule has 2 aromatic carbocycles. The second kappa shape index (κ2) is 6.41. The average molecular weight is 354 g/mol. The van der Waals surface area contributed by atoms with Gasteiger partial charge in [0, 0.05) is 21.6 Å². The molecule has 1 amide bonds. The predicted octanol–water partition coefficient (Wildman–Crippen LogP) is 4.54. The zero-order valence-corrected chi connectivity index (χ0v) is 13.3. The van der Waals surface area contributed by atoms with E-state index in [1.54, 1.807) is 35.2 Å². The molecule has 2 rings (SSSR count). The molecular formula is C15H13BrFNOS. The van der Waals surface area contributed by atoms with Gasteiger partial charge in [0.15, 0.2) is 0 Å². The Labute approximate surface area is 131 Å². The molecule has 2 aromatic rings. The Morgan fingerprint density at radius 2 is 1.90 bits per heavy atom. The van der Waals surface area contributed by atoms with Crippen LogP contribution in [0.15, 0.2) is 51.8 Å². The van der Waals surface area contributed by atoms with Crippen LogP contribution in [0, 0.1) is 5.82 Å².